The zero-order valence-corrected chi connectivity index (χ0v) is 13.9. The molecule has 22 heavy (non-hydrogen) atoms. The molecule has 0 N–H and O–H groups in total. The molecule has 0 aliphatic carbocycles. The molecular formula is C17H25N3O2. The van der Waals surface area contributed by atoms with Crippen LogP contribution in [-0.2, 0) is 0 Å². The highest BCUT2D eigenvalue weighted by Gasteiger charge is 2.28. The molecule has 0 saturated carbocycles. The molecule has 5 nitrogen and oxygen atoms in total. The van der Waals surface area contributed by atoms with Crippen LogP contribution in [0.1, 0.15) is 25.5 Å². The van der Waals surface area contributed by atoms with E-state index >= 15 is 0 Å². The van der Waals surface area contributed by atoms with E-state index in [1.54, 1.807) is 7.11 Å². The minimum absolute atomic E-state index is 0.249. The highest BCUT2D eigenvalue weighted by atomic mass is 16.5. The zero-order chi connectivity index (χ0) is 16.1. The lowest BCUT2D eigenvalue weighted by molar-refractivity contribution is 0.0880. The standard InChI is InChI=1S/C17H25N3O2/c1-5-22-16-7-6-14(10-17(16)21-4)15(11-18)20-9-8-19(3)13(2)12-20/h6-7,10,13,15H,5,8-9,12H2,1-4H3. The van der Waals surface area contributed by atoms with E-state index in [0.717, 1.165) is 30.9 Å². The normalized spacial score (nSPS) is 21.1. The first-order valence-electron chi connectivity index (χ1n) is 7.75. The average molecular weight is 303 g/mol. The van der Waals surface area contributed by atoms with Gasteiger partial charge in [0.15, 0.2) is 11.5 Å². The summed E-state index contributed by atoms with van der Waals surface area (Å²) in [4.78, 5) is 4.56. The fourth-order valence-corrected chi connectivity index (χ4v) is 2.81. The first-order valence-corrected chi connectivity index (χ1v) is 7.75. The summed E-state index contributed by atoms with van der Waals surface area (Å²) in [5.74, 6) is 1.40. The quantitative estimate of drug-likeness (QED) is 0.835. The fraction of sp³-hybridized carbons (Fsp3) is 0.588. The van der Waals surface area contributed by atoms with Crippen molar-refractivity contribution in [2.45, 2.75) is 25.9 Å². The van der Waals surface area contributed by atoms with Crippen LogP contribution in [0, 0.1) is 11.3 Å². The van der Waals surface area contributed by atoms with Gasteiger partial charge in [-0.2, -0.15) is 5.26 Å². The van der Waals surface area contributed by atoms with E-state index in [1.165, 1.54) is 0 Å². The second-order valence-corrected chi connectivity index (χ2v) is 5.70. The first kappa shape index (κ1) is 16.6. The number of rotatable bonds is 5. The van der Waals surface area contributed by atoms with Crippen molar-refractivity contribution in [1.29, 1.82) is 5.26 Å². The Kier molecular flexibility index (Phi) is 5.64. The smallest absolute Gasteiger partial charge is 0.161 e. The van der Waals surface area contributed by atoms with E-state index < -0.39 is 0 Å². The molecular weight excluding hydrogens is 278 g/mol. The second-order valence-electron chi connectivity index (χ2n) is 5.70. The lowest BCUT2D eigenvalue weighted by atomic mass is 10.0. The molecule has 0 amide bonds. The Morgan fingerprint density at radius 3 is 2.73 bits per heavy atom. The summed E-state index contributed by atoms with van der Waals surface area (Å²) in [6.45, 7) is 7.50. The third-order valence-electron chi connectivity index (χ3n) is 4.28. The summed E-state index contributed by atoms with van der Waals surface area (Å²) in [5.41, 5.74) is 0.958. The van der Waals surface area contributed by atoms with E-state index in [0.29, 0.717) is 18.4 Å². The average Bonchev–Trinajstić information content (AvgIpc) is 2.53. The number of likely N-dealkylation sites (N-methyl/N-ethyl adjacent to an activating group) is 1. The third-order valence-corrected chi connectivity index (χ3v) is 4.28. The monoisotopic (exact) mass is 303 g/mol. The van der Waals surface area contributed by atoms with Crippen LogP contribution in [0.2, 0.25) is 0 Å². The Morgan fingerprint density at radius 1 is 1.36 bits per heavy atom. The highest BCUT2D eigenvalue weighted by Crippen LogP contribution is 2.32. The maximum atomic E-state index is 9.64. The number of hydrogen-bond donors (Lipinski definition) is 0. The number of hydrogen-bond acceptors (Lipinski definition) is 5. The van der Waals surface area contributed by atoms with Gasteiger partial charge in [-0.25, -0.2) is 0 Å². The Balaban J connectivity index is 2.22. The molecule has 0 aromatic heterocycles. The van der Waals surface area contributed by atoms with Crippen LogP contribution in [0.5, 0.6) is 11.5 Å². The summed E-state index contributed by atoms with van der Waals surface area (Å²) in [6.07, 6.45) is 0. The molecule has 1 aromatic rings. The lowest BCUT2D eigenvalue weighted by Gasteiger charge is -2.39. The molecule has 2 unspecified atom stereocenters. The van der Waals surface area contributed by atoms with Crippen molar-refractivity contribution in [2.24, 2.45) is 0 Å². The van der Waals surface area contributed by atoms with Crippen molar-refractivity contribution in [1.82, 2.24) is 9.80 Å². The number of nitriles is 1. The fourth-order valence-electron chi connectivity index (χ4n) is 2.81. The molecule has 2 rings (SSSR count). The van der Waals surface area contributed by atoms with Crippen LogP contribution in [0.3, 0.4) is 0 Å². The van der Waals surface area contributed by atoms with Gasteiger partial charge in [-0.3, -0.25) is 4.90 Å². The maximum Gasteiger partial charge on any atom is 0.161 e. The SMILES string of the molecule is CCOc1ccc(C(C#N)N2CCN(C)C(C)C2)cc1OC. The molecule has 0 radical (unpaired) electrons. The minimum Gasteiger partial charge on any atom is -0.493 e. The Bertz CT molecular complexity index is 541. The van der Waals surface area contributed by atoms with E-state index in [4.69, 9.17) is 9.47 Å². The highest BCUT2D eigenvalue weighted by molar-refractivity contribution is 5.45. The molecule has 5 heteroatoms. The second kappa shape index (κ2) is 7.48. The van der Waals surface area contributed by atoms with Crippen LogP contribution >= 0.6 is 0 Å². The van der Waals surface area contributed by atoms with Gasteiger partial charge in [0.25, 0.3) is 0 Å². The van der Waals surface area contributed by atoms with Gasteiger partial charge in [0.1, 0.15) is 6.04 Å². The van der Waals surface area contributed by atoms with Crippen molar-refractivity contribution in [2.75, 3.05) is 40.4 Å². The van der Waals surface area contributed by atoms with E-state index in [9.17, 15) is 5.26 Å². The Hall–Kier alpha value is -1.77. The summed E-state index contributed by atoms with van der Waals surface area (Å²) in [5, 5.41) is 9.64. The molecule has 0 bridgehead atoms. The van der Waals surface area contributed by atoms with Gasteiger partial charge in [-0.15, -0.1) is 0 Å². The van der Waals surface area contributed by atoms with Gasteiger partial charge in [0.2, 0.25) is 0 Å². The summed E-state index contributed by atoms with van der Waals surface area (Å²) in [6, 6.07) is 8.41. The largest absolute Gasteiger partial charge is 0.493 e. The van der Waals surface area contributed by atoms with Crippen LogP contribution < -0.4 is 9.47 Å². The molecule has 1 saturated heterocycles. The Morgan fingerprint density at radius 2 is 2.14 bits per heavy atom. The van der Waals surface area contributed by atoms with E-state index in [-0.39, 0.29) is 6.04 Å². The van der Waals surface area contributed by atoms with Gasteiger partial charge in [-0.05, 0) is 38.6 Å². The third kappa shape index (κ3) is 3.52. The van der Waals surface area contributed by atoms with Crippen molar-refractivity contribution in [3.8, 4) is 17.6 Å². The lowest BCUT2D eigenvalue weighted by Crippen LogP contribution is -2.50. The van der Waals surface area contributed by atoms with Crippen molar-refractivity contribution in [3.05, 3.63) is 23.8 Å². The first-order chi connectivity index (χ1) is 10.6. The van der Waals surface area contributed by atoms with Gasteiger partial charge >= 0.3 is 0 Å². The van der Waals surface area contributed by atoms with Crippen molar-refractivity contribution < 1.29 is 9.47 Å². The van der Waals surface area contributed by atoms with E-state index in [1.807, 2.05) is 25.1 Å². The molecule has 1 heterocycles. The molecule has 120 valence electrons. The molecule has 2 atom stereocenters. The Labute approximate surface area is 133 Å². The van der Waals surface area contributed by atoms with Crippen molar-refractivity contribution in [3.63, 3.8) is 0 Å². The molecule has 1 aliphatic heterocycles. The molecule has 1 aliphatic rings. The number of piperazine rings is 1. The maximum absolute atomic E-state index is 9.64. The van der Waals surface area contributed by atoms with Crippen LogP contribution in [-0.4, -0.2) is 56.2 Å². The van der Waals surface area contributed by atoms with Crippen LogP contribution in [0.25, 0.3) is 0 Å². The van der Waals surface area contributed by atoms with E-state index in [2.05, 4.69) is 29.8 Å². The van der Waals surface area contributed by atoms with Gasteiger partial charge in [-0.1, -0.05) is 6.07 Å². The number of methoxy groups -OCH3 is 1. The van der Waals surface area contributed by atoms with Crippen molar-refractivity contribution >= 4 is 0 Å². The number of benzene rings is 1. The molecule has 0 spiro atoms. The van der Waals surface area contributed by atoms with Gasteiger partial charge < -0.3 is 14.4 Å². The summed E-state index contributed by atoms with van der Waals surface area (Å²) in [7, 11) is 3.75. The molecule has 1 aromatic carbocycles. The predicted octanol–water partition coefficient (Wildman–Crippen LogP) is 2.29. The topological polar surface area (TPSA) is 48.7 Å². The summed E-state index contributed by atoms with van der Waals surface area (Å²) < 4.78 is 10.9. The van der Waals surface area contributed by atoms with Crippen LogP contribution in [0.4, 0.5) is 0 Å². The number of ether oxygens (including phenoxy) is 2. The summed E-state index contributed by atoms with van der Waals surface area (Å²) >= 11 is 0. The van der Waals surface area contributed by atoms with Crippen LogP contribution in [0.15, 0.2) is 18.2 Å². The van der Waals surface area contributed by atoms with Gasteiger partial charge in [0.05, 0.1) is 19.8 Å². The zero-order valence-electron chi connectivity index (χ0n) is 13.9. The minimum atomic E-state index is -0.249. The predicted molar refractivity (Wildman–Crippen MR) is 86.2 cm³/mol. The molecule has 1 fully saturated rings. The van der Waals surface area contributed by atoms with Gasteiger partial charge in [0, 0.05) is 25.7 Å². The number of nitrogens with zero attached hydrogens (tertiary/aromatic N) is 3.